The van der Waals surface area contributed by atoms with Gasteiger partial charge in [-0.05, 0) is 68.2 Å². The Morgan fingerprint density at radius 2 is 1.87 bits per heavy atom. The first-order valence-electron chi connectivity index (χ1n) is 11.6. The predicted molar refractivity (Wildman–Crippen MR) is 120 cm³/mol. The lowest BCUT2D eigenvalue weighted by atomic mass is 9.87. The predicted octanol–water partition coefficient (Wildman–Crippen LogP) is 3.50. The number of benzene rings is 1. The smallest absolute Gasteiger partial charge is 0.334 e. The van der Waals surface area contributed by atoms with Gasteiger partial charge in [-0.1, -0.05) is 30.5 Å². The molecule has 1 aliphatic carbocycles. The average Bonchev–Trinajstić information content (AvgIpc) is 3.18. The van der Waals surface area contributed by atoms with Crippen LogP contribution in [-0.4, -0.2) is 39.2 Å². The number of aromatic nitrogens is 3. The molecule has 31 heavy (non-hydrogen) atoms. The standard InChI is InChI=1S/C24H30N4O3/c29-22-10-12-28(24(30)25-22)23-20-14-18(8-9-21(20)31-26-23)13-19-7-4-11-27(16-19)15-17-5-2-1-3-6-17/h8-10,12,14,17,19H,1-7,11,13,15-16H2,(H,25,29,30). The van der Waals surface area contributed by atoms with Crippen molar-refractivity contribution in [3.63, 3.8) is 0 Å². The van der Waals surface area contributed by atoms with E-state index < -0.39 is 11.2 Å². The molecule has 1 aliphatic heterocycles. The summed E-state index contributed by atoms with van der Waals surface area (Å²) in [5.41, 5.74) is 0.932. The number of hydrogen-bond acceptors (Lipinski definition) is 5. The van der Waals surface area contributed by atoms with Crippen LogP contribution in [0.2, 0.25) is 0 Å². The number of hydrogen-bond donors (Lipinski definition) is 1. The molecular formula is C24H30N4O3. The lowest BCUT2D eigenvalue weighted by Crippen LogP contribution is -2.39. The molecule has 3 heterocycles. The van der Waals surface area contributed by atoms with Gasteiger partial charge in [0.15, 0.2) is 11.4 Å². The van der Waals surface area contributed by atoms with Crippen LogP contribution in [0.5, 0.6) is 0 Å². The molecule has 0 bridgehead atoms. The Labute approximate surface area is 181 Å². The molecule has 7 heteroatoms. The van der Waals surface area contributed by atoms with Gasteiger partial charge in [0.25, 0.3) is 5.56 Å². The van der Waals surface area contributed by atoms with Crippen LogP contribution in [0, 0.1) is 11.8 Å². The monoisotopic (exact) mass is 422 g/mol. The number of likely N-dealkylation sites (tertiary alicyclic amines) is 1. The fourth-order valence-electron chi connectivity index (χ4n) is 5.41. The summed E-state index contributed by atoms with van der Waals surface area (Å²) in [4.78, 5) is 28.6. The summed E-state index contributed by atoms with van der Waals surface area (Å²) >= 11 is 0. The van der Waals surface area contributed by atoms with Gasteiger partial charge in [0, 0.05) is 25.4 Å². The maximum absolute atomic E-state index is 12.2. The quantitative estimate of drug-likeness (QED) is 0.680. The minimum absolute atomic E-state index is 0.417. The minimum Gasteiger partial charge on any atom is -0.354 e. The Hall–Kier alpha value is -2.67. The van der Waals surface area contributed by atoms with Crippen LogP contribution < -0.4 is 11.2 Å². The molecule has 1 aromatic carbocycles. The van der Waals surface area contributed by atoms with E-state index in [0.29, 0.717) is 17.3 Å². The lowest BCUT2D eigenvalue weighted by Gasteiger charge is -2.36. The molecule has 7 nitrogen and oxygen atoms in total. The third-order valence-corrected chi connectivity index (χ3v) is 6.94. The molecule has 1 unspecified atom stereocenters. The Morgan fingerprint density at radius 3 is 2.71 bits per heavy atom. The summed E-state index contributed by atoms with van der Waals surface area (Å²) in [6, 6.07) is 7.43. The molecule has 1 N–H and O–H groups in total. The molecule has 0 radical (unpaired) electrons. The first kappa shape index (κ1) is 20.2. The second-order valence-electron chi connectivity index (χ2n) is 9.29. The fourth-order valence-corrected chi connectivity index (χ4v) is 5.41. The summed E-state index contributed by atoms with van der Waals surface area (Å²) in [7, 11) is 0. The van der Waals surface area contributed by atoms with Gasteiger partial charge < -0.3 is 9.42 Å². The molecule has 2 fully saturated rings. The molecular weight excluding hydrogens is 392 g/mol. The number of piperidine rings is 1. The average molecular weight is 423 g/mol. The summed E-state index contributed by atoms with van der Waals surface area (Å²) in [5, 5.41) is 4.87. The van der Waals surface area contributed by atoms with E-state index in [-0.39, 0.29) is 0 Å². The summed E-state index contributed by atoms with van der Waals surface area (Å²) in [6.07, 6.45) is 12.0. The molecule has 3 aromatic rings. The van der Waals surface area contributed by atoms with Gasteiger partial charge in [-0.15, -0.1) is 0 Å². The van der Waals surface area contributed by atoms with Crippen molar-refractivity contribution in [1.29, 1.82) is 0 Å². The van der Waals surface area contributed by atoms with E-state index in [2.05, 4.69) is 27.2 Å². The topological polar surface area (TPSA) is 84.1 Å². The maximum atomic E-state index is 12.2. The Kier molecular flexibility index (Phi) is 5.76. The van der Waals surface area contributed by atoms with Crippen LogP contribution in [0.4, 0.5) is 0 Å². The third kappa shape index (κ3) is 4.51. The number of H-pyrrole nitrogens is 1. The molecule has 5 rings (SSSR count). The van der Waals surface area contributed by atoms with Crippen molar-refractivity contribution in [2.24, 2.45) is 11.8 Å². The van der Waals surface area contributed by atoms with Crippen molar-refractivity contribution in [3.8, 4) is 5.82 Å². The van der Waals surface area contributed by atoms with Crippen molar-refractivity contribution in [3.05, 3.63) is 56.9 Å². The van der Waals surface area contributed by atoms with E-state index >= 15 is 0 Å². The zero-order valence-corrected chi connectivity index (χ0v) is 17.9. The van der Waals surface area contributed by atoms with E-state index in [1.54, 1.807) is 0 Å². The van der Waals surface area contributed by atoms with Crippen LogP contribution >= 0.6 is 0 Å². The highest BCUT2D eigenvalue weighted by Gasteiger charge is 2.24. The van der Waals surface area contributed by atoms with E-state index in [4.69, 9.17) is 4.52 Å². The van der Waals surface area contributed by atoms with Gasteiger partial charge in [-0.2, -0.15) is 0 Å². The van der Waals surface area contributed by atoms with Crippen molar-refractivity contribution in [1.82, 2.24) is 19.6 Å². The van der Waals surface area contributed by atoms with Crippen LogP contribution in [0.25, 0.3) is 16.8 Å². The third-order valence-electron chi connectivity index (χ3n) is 6.94. The molecule has 2 aromatic heterocycles. The van der Waals surface area contributed by atoms with Crippen LogP contribution in [0.15, 0.2) is 44.6 Å². The molecule has 0 amide bonds. The number of aromatic amines is 1. The second-order valence-corrected chi connectivity index (χ2v) is 9.29. The molecule has 0 spiro atoms. The van der Waals surface area contributed by atoms with Crippen LogP contribution in [0.3, 0.4) is 0 Å². The number of nitrogens with one attached hydrogen (secondary N) is 1. The zero-order chi connectivity index (χ0) is 21.2. The maximum Gasteiger partial charge on any atom is 0.334 e. The van der Waals surface area contributed by atoms with Crippen molar-refractivity contribution in [2.75, 3.05) is 19.6 Å². The van der Waals surface area contributed by atoms with Gasteiger partial charge in [-0.25, -0.2) is 9.36 Å². The fraction of sp³-hybridized carbons (Fsp3) is 0.542. The van der Waals surface area contributed by atoms with E-state index in [1.165, 1.54) is 87.0 Å². The number of nitrogens with zero attached hydrogens (tertiary/aromatic N) is 3. The molecule has 164 valence electrons. The Morgan fingerprint density at radius 1 is 1.03 bits per heavy atom. The van der Waals surface area contributed by atoms with Gasteiger partial charge in [0.2, 0.25) is 0 Å². The summed E-state index contributed by atoms with van der Waals surface area (Å²) in [6.45, 7) is 3.67. The highest BCUT2D eigenvalue weighted by atomic mass is 16.5. The molecule has 1 saturated carbocycles. The molecule has 1 atom stereocenters. The van der Waals surface area contributed by atoms with Gasteiger partial charge in [0.05, 0.1) is 5.39 Å². The highest BCUT2D eigenvalue weighted by molar-refractivity contribution is 5.84. The van der Waals surface area contributed by atoms with Gasteiger partial charge in [0.1, 0.15) is 0 Å². The van der Waals surface area contributed by atoms with Crippen LogP contribution in [0.1, 0.15) is 50.5 Å². The van der Waals surface area contributed by atoms with Crippen LogP contribution in [-0.2, 0) is 6.42 Å². The summed E-state index contributed by atoms with van der Waals surface area (Å²) in [5.74, 6) is 1.95. The van der Waals surface area contributed by atoms with Crippen molar-refractivity contribution < 1.29 is 4.52 Å². The zero-order valence-electron chi connectivity index (χ0n) is 17.9. The van der Waals surface area contributed by atoms with Crippen molar-refractivity contribution >= 4 is 11.0 Å². The largest absolute Gasteiger partial charge is 0.354 e. The molecule has 2 aliphatic rings. The Bertz CT molecular complexity index is 1160. The number of fused-ring (bicyclic) bond motifs is 1. The van der Waals surface area contributed by atoms with Gasteiger partial charge >= 0.3 is 5.69 Å². The Balaban J connectivity index is 1.32. The number of rotatable bonds is 5. The van der Waals surface area contributed by atoms with E-state index in [1.807, 2.05) is 6.07 Å². The van der Waals surface area contributed by atoms with Gasteiger partial charge in [-0.3, -0.25) is 9.78 Å². The first-order valence-corrected chi connectivity index (χ1v) is 11.6. The SMILES string of the molecule is O=c1ccn(-c2noc3ccc(CC4CCCN(CC5CCCCC5)C4)cc23)c(=O)[nH]1. The highest BCUT2D eigenvalue weighted by Crippen LogP contribution is 2.29. The van der Waals surface area contributed by atoms with Crippen molar-refractivity contribution in [2.45, 2.75) is 51.4 Å². The van der Waals surface area contributed by atoms with E-state index in [0.717, 1.165) is 17.7 Å². The lowest BCUT2D eigenvalue weighted by molar-refractivity contribution is 0.137. The first-order chi connectivity index (χ1) is 15.2. The normalized spacial score (nSPS) is 21.0. The molecule has 1 saturated heterocycles. The minimum atomic E-state index is -0.515. The van der Waals surface area contributed by atoms with E-state index in [9.17, 15) is 9.59 Å². The second kappa shape index (κ2) is 8.83. The summed E-state index contributed by atoms with van der Waals surface area (Å²) < 4.78 is 6.75.